The molecular formula is C15H13Cl2NO3S. The predicted octanol–water partition coefficient (Wildman–Crippen LogP) is 4.14. The lowest BCUT2D eigenvalue weighted by molar-refractivity contribution is -0.143. The van der Waals surface area contributed by atoms with Crippen molar-refractivity contribution in [2.45, 2.75) is 12.8 Å². The molecule has 0 saturated carbocycles. The molecule has 2 heterocycles. The highest BCUT2D eigenvalue weighted by molar-refractivity contribution is 7.21. The normalized spacial score (nSPS) is 16.2. The minimum absolute atomic E-state index is 0.133. The first-order chi connectivity index (χ1) is 10.5. The Balaban J connectivity index is 1.84. The lowest BCUT2D eigenvalue weighted by Crippen LogP contribution is -2.40. The van der Waals surface area contributed by atoms with Crippen molar-refractivity contribution in [2.24, 2.45) is 5.92 Å². The van der Waals surface area contributed by atoms with E-state index < -0.39 is 5.97 Å². The molecule has 3 rings (SSSR count). The maximum Gasteiger partial charge on any atom is 0.306 e. The largest absolute Gasteiger partial charge is 0.481 e. The van der Waals surface area contributed by atoms with Crippen molar-refractivity contribution in [1.82, 2.24) is 4.90 Å². The van der Waals surface area contributed by atoms with E-state index in [-0.39, 0.29) is 11.8 Å². The number of amides is 1. The van der Waals surface area contributed by atoms with Crippen LogP contribution < -0.4 is 0 Å². The summed E-state index contributed by atoms with van der Waals surface area (Å²) in [6.45, 7) is 0.891. The average Bonchev–Trinajstić information content (AvgIpc) is 2.83. The monoisotopic (exact) mass is 357 g/mol. The number of piperidine rings is 1. The summed E-state index contributed by atoms with van der Waals surface area (Å²) in [6, 6.07) is 5.35. The first-order valence-electron chi connectivity index (χ1n) is 6.87. The number of thiophene rings is 1. The third-order valence-corrected chi connectivity index (χ3v) is 5.80. The van der Waals surface area contributed by atoms with Gasteiger partial charge in [0.2, 0.25) is 0 Å². The molecule has 0 atom stereocenters. The van der Waals surface area contributed by atoms with Gasteiger partial charge < -0.3 is 10.0 Å². The molecule has 0 bridgehead atoms. The van der Waals surface area contributed by atoms with Gasteiger partial charge in [-0.15, -0.1) is 11.3 Å². The van der Waals surface area contributed by atoms with Crippen LogP contribution in [-0.2, 0) is 4.79 Å². The van der Waals surface area contributed by atoms with Crippen LogP contribution in [0.3, 0.4) is 0 Å². The summed E-state index contributed by atoms with van der Waals surface area (Å²) in [6.07, 6.45) is 0.963. The summed E-state index contributed by atoms with van der Waals surface area (Å²) < 4.78 is 0.876. The lowest BCUT2D eigenvalue weighted by Gasteiger charge is -2.29. The number of likely N-dealkylation sites (tertiary alicyclic amines) is 1. The fourth-order valence-corrected chi connectivity index (χ4v) is 4.41. The topological polar surface area (TPSA) is 57.6 Å². The summed E-state index contributed by atoms with van der Waals surface area (Å²) in [5.74, 6) is -1.28. The molecule has 0 unspecified atom stereocenters. The van der Waals surface area contributed by atoms with Gasteiger partial charge in [0.05, 0.1) is 10.9 Å². The van der Waals surface area contributed by atoms with Crippen molar-refractivity contribution in [3.63, 3.8) is 0 Å². The molecule has 22 heavy (non-hydrogen) atoms. The predicted molar refractivity (Wildman–Crippen MR) is 88.1 cm³/mol. The Morgan fingerprint density at radius 3 is 2.55 bits per heavy atom. The highest BCUT2D eigenvalue weighted by Gasteiger charge is 2.29. The minimum atomic E-state index is -0.790. The van der Waals surface area contributed by atoms with E-state index in [1.165, 1.54) is 11.3 Å². The molecule has 4 nitrogen and oxygen atoms in total. The van der Waals surface area contributed by atoms with E-state index in [9.17, 15) is 9.59 Å². The van der Waals surface area contributed by atoms with Crippen LogP contribution in [0.4, 0.5) is 0 Å². The summed E-state index contributed by atoms with van der Waals surface area (Å²) in [4.78, 5) is 25.8. The number of carbonyl (C=O) groups excluding carboxylic acids is 1. The van der Waals surface area contributed by atoms with Crippen LogP contribution in [0.5, 0.6) is 0 Å². The van der Waals surface area contributed by atoms with Gasteiger partial charge in [0.1, 0.15) is 4.88 Å². The Morgan fingerprint density at radius 2 is 1.91 bits per heavy atom. The zero-order valence-corrected chi connectivity index (χ0v) is 13.8. The van der Waals surface area contributed by atoms with Crippen LogP contribution in [0.15, 0.2) is 18.2 Å². The quantitative estimate of drug-likeness (QED) is 0.878. The maximum absolute atomic E-state index is 12.6. The van der Waals surface area contributed by atoms with Crippen LogP contribution in [0.1, 0.15) is 22.5 Å². The summed E-state index contributed by atoms with van der Waals surface area (Å²) in [7, 11) is 0. The van der Waals surface area contributed by atoms with Gasteiger partial charge in [-0.1, -0.05) is 29.3 Å². The second-order valence-corrected chi connectivity index (χ2v) is 7.16. The second-order valence-electron chi connectivity index (χ2n) is 5.29. The van der Waals surface area contributed by atoms with Crippen molar-refractivity contribution >= 4 is 56.5 Å². The van der Waals surface area contributed by atoms with Gasteiger partial charge in [-0.3, -0.25) is 9.59 Å². The Kier molecular flexibility index (Phi) is 4.30. The van der Waals surface area contributed by atoms with Crippen LogP contribution in [0, 0.1) is 5.92 Å². The minimum Gasteiger partial charge on any atom is -0.481 e. The smallest absolute Gasteiger partial charge is 0.306 e. The molecule has 116 valence electrons. The number of aliphatic carboxylic acids is 1. The van der Waals surface area contributed by atoms with Gasteiger partial charge in [-0.05, 0) is 25.0 Å². The number of rotatable bonds is 2. The van der Waals surface area contributed by atoms with Crippen molar-refractivity contribution < 1.29 is 14.7 Å². The van der Waals surface area contributed by atoms with Gasteiger partial charge in [0.15, 0.2) is 0 Å². The van der Waals surface area contributed by atoms with Crippen molar-refractivity contribution in [2.75, 3.05) is 13.1 Å². The number of hydrogen-bond acceptors (Lipinski definition) is 3. The summed E-state index contributed by atoms with van der Waals surface area (Å²) in [5.41, 5.74) is 0. The molecule has 0 spiro atoms. The van der Waals surface area contributed by atoms with Gasteiger partial charge in [-0.25, -0.2) is 0 Å². The van der Waals surface area contributed by atoms with Gasteiger partial charge in [0.25, 0.3) is 5.91 Å². The van der Waals surface area contributed by atoms with E-state index in [4.69, 9.17) is 28.3 Å². The molecule has 7 heteroatoms. The number of halogens is 2. The standard InChI is InChI=1S/C15H13Cl2NO3S/c16-9-1-2-10-11(7-9)22-13(12(10)17)14(19)18-5-3-8(4-6-18)15(20)21/h1-2,7-8H,3-6H2,(H,20,21). The lowest BCUT2D eigenvalue weighted by atomic mass is 9.97. The molecule has 1 aromatic carbocycles. The SMILES string of the molecule is O=C(O)C1CCN(C(=O)c2sc3cc(Cl)ccc3c2Cl)CC1. The van der Waals surface area contributed by atoms with Gasteiger partial charge in [0, 0.05) is 28.2 Å². The first kappa shape index (κ1) is 15.6. The Morgan fingerprint density at radius 1 is 1.23 bits per heavy atom. The van der Waals surface area contributed by atoms with Crippen LogP contribution in [0.25, 0.3) is 10.1 Å². The highest BCUT2D eigenvalue weighted by atomic mass is 35.5. The number of carbonyl (C=O) groups is 2. The summed E-state index contributed by atoms with van der Waals surface area (Å²) in [5, 5.41) is 10.9. The Labute approximate surface area is 141 Å². The molecule has 1 aliphatic heterocycles. The van der Waals surface area contributed by atoms with Crippen molar-refractivity contribution in [1.29, 1.82) is 0 Å². The zero-order chi connectivity index (χ0) is 15.9. The number of hydrogen-bond donors (Lipinski definition) is 1. The van der Waals surface area contributed by atoms with E-state index >= 15 is 0 Å². The number of fused-ring (bicyclic) bond motifs is 1. The van der Waals surface area contributed by atoms with Crippen LogP contribution in [0.2, 0.25) is 10.0 Å². The molecule has 1 saturated heterocycles. The summed E-state index contributed by atoms with van der Waals surface area (Å²) >= 11 is 13.6. The second kappa shape index (κ2) is 6.07. The van der Waals surface area contributed by atoms with Gasteiger partial charge >= 0.3 is 5.97 Å². The molecule has 1 fully saturated rings. The van der Waals surface area contributed by atoms with E-state index in [2.05, 4.69) is 0 Å². The van der Waals surface area contributed by atoms with E-state index in [0.717, 1.165) is 10.1 Å². The molecule has 1 amide bonds. The Bertz CT molecular complexity index is 751. The third kappa shape index (κ3) is 2.81. The van der Waals surface area contributed by atoms with E-state index in [1.807, 2.05) is 6.07 Å². The molecule has 0 aliphatic carbocycles. The highest BCUT2D eigenvalue weighted by Crippen LogP contribution is 2.37. The molecular weight excluding hydrogens is 345 g/mol. The first-order valence-corrected chi connectivity index (χ1v) is 8.44. The average molecular weight is 358 g/mol. The van der Waals surface area contributed by atoms with Gasteiger partial charge in [-0.2, -0.15) is 0 Å². The van der Waals surface area contributed by atoms with Crippen molar-refractivity contribution in [3.8, 4) is 0 Å². The number of carboxylic acid groups (broad SMARTS) is 1. The fourth-order valence-electron chi connectivity index (χ4n) is 2.65. The fraction of sp³-hybridized carbons (Fsp3) is 0.333. The third-order valence-electron chi connectivity index (χ3n) is 3.92. The van der Waals surface area contributed by atoms with E-state index in [1.54, 1.807) is 17.0 Å². The van der Waals surface area contributed by atoms with Crippen molar-refractivity contribution in [3.05, 3.63) is 33.1 Å². The Hall–Kier alpha value is -1.30. The number of benzene rings is 1. The number of carboxylic acids is 1. The van der Waals surface area contributed by atoms with E-state index in [0.29, 0.717) is 40.9 Å². The van der Waals surface area contributed by atoms with Crippen LogP contribution in [-0.4, -0.2) is 35.0 Å². The molecule has 1 N–H and O–H groups in total. The van der Waals surface area contributed by atoms with Crippen LogP contribution >= 0.6 is 34.5 Å². The molecule has 0 radical (unpaired) electrons. The molecule has 2 aromatic rings. The molecule has 1 aromatic heterocycles. The maximum atomic E-state index is 12.6. The number of nitrogens with zero attached hydrogens (tertiary/aromatic N) is 1. The zero-order valence-electron chi connectivity index (χ0n) is 11.5. The molecule has 1 aliphatic rings.